The van der Waals surface area contributed by atoms with Crippen molar-refractivity contribution in [2.75, 3.05) is 5.75 Å². The normalized spacial score (nSPS) is 20.7. The number of halogens is 3. The molecule has 0 amide bonds. The largest absolute Gasteiger partial charge is 0.441 e. The van der Waals surface area contributed by atoms with Gasteiger partial charge in [-0.1, -0.05) is 24.6 Å². The molecule has 0 atom stereocenters. The van der Waals surface area contributed by atoms with Crippen LogP contribution < -0.4 is 0 Å². The van der Waals surface area contributed by atoms with Crippen molar-refractivity contribution in [1.82, 2.24) is 0 Å². The molecule has 0 aliphatic heterocycles. The molecular weight excluding hydrogens is 211 g/mol. The van der Waals surface area contributed by atoms with Gasteiger partial charge in [0.15, 0.2) is 0 Å². The zero-order chi connectivity index (χ0) is 10.7. The second-order valence-electron chi connectivity index (χ2n) is 3.64. The van der Waals surface area contributed by atoms with Gasteiger partial charge in [-0.15, -0.1) is 0 Å². The van der Waals surface area contributed by atoms with E-state index in [0.29, 0.717) is 6.42 Å². The van der Waals surface area contributed by atoms with Crippen molar-refractivity contribution in [3.05, 3.63) is 0 Å². The Morgan fingerprint density at radius 3 is 2.29 bits per heavy atom. The molecule has 1 saturated carbocycles. The van der Waals surface area contributed by atoms with Crippen LogP contribution in [0.4, 0.5) is 13.2 Å². The van der Waals surface area contributed by atoms with Crippen LogP contribution in [0, 0.1) is 16.7 Å². The zero-order valence-electron chi connectivity index (χ0n) is 7.73. The van der Waals surface area contributed by atoms with Gasteiger partial charge in [0.2, 0.25) is 0 Å². The molecule has 0 aromatic carbocycles. The highest BCUT2D eigenvalue weighted by Crippen LogP contribution is 2.42. The van der Waals surface area contributed by atoms with Gasteiger partial charge in [-0.05, 0) is 19.3 Å². The van der Waals surface area contributed by atoms with E-state index in [9.17, 15) is 13.2 Å². The Balaban J connectivity index is 2.33. The summed E-state index contributed by atoms with van der Waals surface area (Å²) in [6.45, 7) is 0. The molecule has 0 aromatic heterocycles. The first-order chi connectivity index (χ1) is 6.47. The summed E-state index contributed by atoms with van der Waals surface area (Å²) in [6, 6.07) is 2.18. The zero-order valence-corrected chi connectivity index (χ0v) is 8.55. The highest BCUT2D eigenvalue weighted by molar-refractivity contribution is 8.00. The van der Waals surface area contributed by atoms with Crippen LogP contribution in [0.25, 0.3) is 0 Å². The lowest BCUT2D eigenvalue weighted by molar-refractivity contribution is -0.0328. The van der Waals surface area contributed by atoms with Crippen LogP contribution >= 0.6 is 11.8 Å². The van der Waals surface area contributed by atoms with Gasteiger partial charge in [0, 0.05) is 5.75 Å². The molecule has 0 radical (unpaired) electrons. The van der Waals surface area contributed by atoms with E-state index in [4.69, 9.17) is 5.26 Å². The number of rotatable bonds is 3. The summed E-state index contributed by atoms with van der Waals surface area (Å²) in [5.41, 5.74) is -4.62. The minimum Gasteiger partial charge on any atom is -0.198 e. The number of hydrogen-bond acceptors (Lipinski definition) is 2. The maximum absolute atomic E-state index is 11.8. The Morgan fingerprint density at radius 2 is 1.86 bits per heavy atom. The molecule has 0 unspecified atom stereocenters. The van der Waals surface area contributed by atoms with E-state index < -0.39 is 10.9 Å². The van der Waals surface area contributed by atoms with E-state index in [2.05, 4.69) is 6.07 Å². The molecule has 0 spiro atoms. The molecule has 5 heteroatoms. The molecule has 0 saturated heterocycles. The average Bonchev–Trinajstić information content (AvgIpc) is 2.52. The first-order valence-corrected chi connectivity index (χ1v) is 5.58. The first-order valence-electron chi connectivity index (χ1n) is 4.59. The molecule has 0 heterocycles. The van der Waals surface area contributed by atoms with Gasteiger partial charge >= 0.3 is 5.51 Å². The minimum atomic E-state index is -4.16. The Labute approximate surface area is 85.7 Å². The topological polar surface area (TPSA) is 23.8 Å². The van der Waals surface area contributed by atoms with Gasteiger partial charge in [0.05, 0.1) is 11.5 Å². The quantitative estimate of drug-likeness (QED) is 0.728. The van der Waals surface area contributed by atoms with E-state index in [0.717, 1.165) is 25.7 Å². The van der Waals surface area contributed by atoms with Crippen molar-refractivity contribution in [1.29, 1.82) is 5.26 Å². The molecule has 1 rings (SSSR count). The van der Waals surface area contributed by atoms with E-state index in [1.165, 1.54) is 0 Å². The summed E-state index contributed by atoms with van der Waals surface area (Å²) in [4.78, 5) is 0. The molecule has 0 N–H and O–H groups in total. The van der Waals surface area contributed by atoms with Crippen molar-refractivity contribution in [2.24, 2.45) is 5.41 Å². The van der Waals surface area contributed by atoms with Gasteiger partial charge in [0.1, 0.15) is 0 Å². The van der Waals surface area contributed by atoms with Crippen LogP contribution in [0.3, 0.4) is 0 Å². The number of hydrogen-bond donors (Lipinski definition) is 0. The lowest BCUT2D eigenvalue weighted by Crippen LogP contribution is -2.15. The molecule has 0 aromatic rings. The molecule has 14 heavy (non-hydrogen) atoms. The van der Waals surface area contributed by atoms with Crippen LogP contribution in [0.5, 0.6) is 0 Å². The van der Waals surface area contributed by atoms with Gasteiger partial charge in [-0.25, -0.2) is 0 Å². The summed E-state index contributed by atoms with van der Waals surface area (Å²) in [5.74, 6) is 0.0110. The summed E-state index contributed by atoms with van der Waals surface area (Å²) in [7, 11) is 0. The standard InChI is InChI=1S/C9H12F3NS/c10-9(11,12)14-6-5-8(7-13)3-1-2-4-8/h1-6H2. The lowest BCUT2D eigenvalue weighted by atomic mass is 9.85. The van der Waals surface area contributed by atoms with Gasteiger partial charge in [-0.2, -0.15) is 18.4 Å². The van der Waals surface area contributed by atoms with Crippen LogP contribution in [0.2, 0.25) is 0 Å². The maximum atomic E-state index is 11.8. The number of nitrogens with zero attached hydrogens (tertiary/aromatic N) is 1. The van der Waals surface area contributed by atoms with E-state index >= 15 is 0 Å². The number of nitriles is 1. The number of thioether (sulfide) groups is 1. The fourth-order valence-electron chi connectivity index (χ4n) is 1.83. The Hall–Kier alpha value is -0.370. The molecule has 80 valence electrons. The third kappa shape index (κ3) is 3.41. The van der Waals surface area contributed by atoms with Crippen molar-refractivity contribution in [2.45, 2.75) is 37.6 Å². The monoisotopic (exact) mass is 223 g/mol. The van der Waals surface area contributed by atoms with Gasteiger partial charge in [0.25, 0.3) is 0 Å². The summed E-state index contributed by atoms with van der Waals surface area (Å²) in [6.07, 6.45) is 3.85. The predicted molar refractivity (Wildman–Crippen MR) is 49.6 cm³/mol. The fraction of sp³-hybridized carbons (Fsp3) is 0.889. The molecule has 1 fully saturated rings. The van der Waals surface area contributed by atoms with Crippen LogP contribution in [-0.2, 0) is 0 Å². The highest BCUT2D eigenvalue weighted by atomic mass is 32.2. The van der Waals surface area contributed by atoms with Crippen molar-refractivity contribution >= 4 is 11.8 Å². The molecule has 1 aliphatic rings. The highest BCUT2D eigenvalue weighted by Gasteiger charge is 2.35. The van der Waals surface area contributed by atoms with Crippen molar-refractivity contribution < 1.29 is 13.2 Å². The SMILES string of the molecule is N#CC1(CCSC(F)(F)F)CCCC1. The summed E-state index contributed by atoms with van der Waals surface area (Å²) in [5, 5.41) is 8.91. The van der Waals surface area contributed by atoms with Gasteiger partial charge < -0.3 is 0 Å². The average molecular weight is 223 g/mol. The Morgan fingerprint density at radius 1 is 1.29 bits per heavy atom. The minimum absolute atomic E-state index is 0.0110. The Bertz CT molecular complexity index is 225. The second-order valence-corrected chi connectivity index (χ2v) is 4.80. The lowest BCUT2D eigenvalue weighted by Gasteiger charge is -2.19. The van der Waals surface area contributed by atoms with E-state index in [1.54, 1.807) is 0 Å². The summed E-state index contributed by atoms with van der Waals surface area (Å²) >= 11 is -0.0168. The predicted octanol–water partition coefficient (Wildman–Crippen LogP) is 3.71. The van der Waals surface area contributed by atoms with Crippen LogP contribution in [0.15, 0.2) is 0 Å². The van der Waals surface area contributed by atoms with Crippen LogP contribution in [-0.4, -0.2) is 11.3 Å². The Kier molecular flexibility index (Phi) is 3.71. The third-order valence-electron chi connectivity index (χ3n) is 2.64. The van der Waals surface area contributed by atoms with E-state index in [-0.39, 0.29) is 17.5 Å². The van der Waals surface area contributed by atoms with Gasteiger partial charge in [-0.3, -0.25) is 0 Å². The molecule has 0 bridgehead atoms. The second kappa shape index (κ2) is 4.43. The molecule has 1 aliphatic carbocycles. The molecular formula is C9H12F3NS. The maximum Gasteiger partial charge on any atom is 0.441 e. The smallest absolute Gasteiger partial charge is 0.198 e. The third-order valence-corrected chi connectivity index (χ3v) is 3.38. The van der Waals surface area contributed by atoms with Crippen molar-refractivity contribution in [3.8, 4) is 6.07 Å². The van der Waals surface area contributed by atoms with E-state index in [1.807, 2.05) is 0 Å². The number of alkyl halides is 3. The van der Waals surface area contributed by atoms with Crippen molar-refractivity contribution in [3.63, 3.8) is 0 Å². The summed E-state index contributed by atoms with van der Waals surface area (Å²) < 4.78 is 35.5. The first kappa shape index (κ1) is 11.7. The fourth-order valence-corrected chi connectivity index (χ4v) is 2.56. The molecule has 1 nitrogen and oxygen atoms in total. The van der Waals surface area contributed by atoms with Crippen LogP contribution in [0.1, 0.15) is 32.1 Å².